The molecule has 2 aromatic heterocycles. The predicted molar refractivity (Wildman–Crippen MR) is 121 cm³/mol. The Balaban J connectivity index is 1.74. The fraction of sp³-hybridized carbons (Fsp3) is 0.273. The third-order valence-electron chi connectivity index (χ3n) is 5.37. The molecular formula is C22H23N5O3S. The van der Waals surface area contributed by atoms with E-state index in [1.807, 2.05) is 35.0 Å². The monoisotopic (exact) mass is 437 g/mol. The zero-order chi connectivity index (χ0) is 21.8. The molecule has 1 fully saturated rings. The van der Waals surface area contributed by atoms with Crippen molar-refractivity contribution >= 4 is 23.0 Å². The summed E-state index contributed by atoms with van der Waals surface area (Å²) in [5.41, 5.74) is 2.84. The van der Waals surface area contributed by atoms with E-state index in [2.05, 4.69) is 21.3 Å². The van der Waals surface area contributed by atoms with Gasteiger partial charge in [-0.3, -0.25) is 15.1 Å². The molecule has 1 aliphatic rings. The summed E-state index contributed by atoms with van der Waals surface area (Å²) >= 11 is 5.69. The van der Waals surface area contributed by atoms with Gasteiger partial charge < -0.3 is 19.5 Å². The summed E-state index contributed by atoms with van der Waals surface area (Å²) in [6.07, 6.45) is 4.57. The molecule has 8 nitrogen and oxygen atoms in total. The zero-order valence-corrected chi connectivity index (χ0v) is 17.9. The molecule has 1 aromatic carbocycles. The Kier molecular flexibility index (Phi) is 6.24. The molecule has 1 saturated heterocycles. The molecule has 2 atom stereocenters. The van der Waals surface area contributed by atoms with Crippen LogP contribution in [0.15, 0.2) is 67.0 Å². The van der Waals surface area contributed by atoms with Gasteiger partial charge in [0.05, 0.1) is 22.7 Å². The second kappa shape index (κ2) is 9.23. The van der Waals surface area contributed by atoms with Crippen molar-refractivity contribution in [2.75, 3.05) is 20.3 Å². The Morgan fingerprint density at radius 2 is 2.00 bits per heavy atom. The smallest absolute Gasteiger partial charge is 0.269 e. The van der Waals surface area contributed by atoms with Crippen LogP contribution in [0.4, 0.5) is 5.69 Å². The highest BCUT2D eigenvalue weighted by Gasteiger charge is 2.40. The van der Waals surface area contributed by atoms with Crippen LogP contribution in [0, 0.1) is 10.1 Å². The van der Waals surface area contributed by atoms with Crippen molar-refractivity contribution in [2.45, 2.75) is 18.5 Å². The molecule has 0 saturated carbocycles. The topological polar surface area (TPSA) is 85.5 Å². The van der Waals surface area contributed by atoms with Crippen molar-refractivity contribution in [3.05, 3.63) is 88.5 Å². The van der Waals surface area contributed by atoms with Gasteiger partial charge in [0.2, 0.25) is 0 Å². The van der Waals surface area contributed by atoms with Gasteiger partial charge in [-0.15, -0.1) is 0 Å². The number of pyridine rings is 1. The van der Waals surface area contributed by atoms with Gasteiger partial charge in [0, 0.05) is 56.2 Å². The zero-order valence-electron chi connectivity index (χ0n) is 17.0. The molecule has 3 aromatic rings. The first-order valence-electron chi connectivity index (χ1n) is 9.99. The Morgan fingerprint density at radius 1 is 1.19 bits per heavy atom. The third-order valence-corrected chi connectivity index (χ3v) is 5.72. The van der Waals surface area contributed by atoms with E-state index in [4.69, 9.17) is 17.0 Å². The molecule has 160 valence electrons. The average molecular weight is 438 g/mol. The molecule has 3 heterocycles. The van der Waals surface area contributed by atoms with E-state index < -0.39 is 4.92 Å². The first kappa shape index (κ1) is 21.0. The van der Waals surface area contributed by atoms with Gasteiger partial charge in [-0.1, -0.05) is 6.07 Å². The highest BCUT2D eigenvalue weighted by molar-refractivity contribution is 7.80. The second-order valence-electron chi connectivity index (χ2n) is 7.24. The maximum Gasteiger partial charge on any atom is 0.269 e. The Hall–Kier alpha value is -3.30. The van der Waals surface area contributed by atoms with Crippen molar-refractivity contribution in [3.8, 4) is 5.69 Å². The summed E-state index contributed by atoms with van der Waals surface area (Å²) in [4.78, 5) is 17.4. The molecule has 0 bridgehead atoms. The first-order valence-corrected chi connectivity index (χ1v) is 10.4. The van der Waals surface area contributed by atoms with Gasteiger partial charge >= 0.3 is 0 Å². The lowest BCUT2D eigenvalue weighted by Gasteiger charge is -2.29. The number of nitrogens with zero attached hydrogens (tertiary/aromatic N) is 4. The van der Waals surface area contributed by atoms with Crippen LogP contribution in [0.3, 0.4) is 0 Å². The fourth-order valence-corrected chi connectivity index (χ4v) is 4.28. The molecule has 1 N–H and O–H groups in total. The lowest BCUT2D eigenvalue weighted by molar-refractivity contribution is -0.384. The maximum absolute atomic E-state index is 11.0. The van der Waals surface area contributed by atoms with Crippen molar-refractivity contribution in [3.63, 3.8) is 0 Å². The van der Waals surface area contributed by atoms with Crippen LogP contribution in [0.1, 0.15) is 29.9 Å². The molecule has 0 aliphatic carbocycles. The number of nitrogens with one attached hydrogen (secondary N) is 1. The van der Waals surface area contributed by atoms with E-state index >= 15 is 0 Å². The quantitative estimate of drug-likeness (QED) is 0.248. The largest absolute Gasteiger partial charge is 0.385 e. The van der Waals surface area contributed by atoms with Crippen LogP contribution in [0.2, 0.25) is 0 Å². The number of aromatic nitrogens is 2. The van der Waals surface area contributed by atoms with E-state index in [9.17, 15) is 10.1 Å². The van der Waals surface area contributed by atoms with E-state index in [0.717, 1.165) is 30.0 Å². The minimum absolute atomic E-state index is 0.0636. The van der Waals surface area contributed by atoms with Crippen molar-refractivity contribution < 1.29 is 9.66 Å². The van der Waals surface area contributed by atoms with Crippen LogP contribution in [0.25, 0.3) is 5.69 Å². The lowest BCUT2D eigenvalue weighted by atomic mass is 10.0. The van der Waals surface area contributed by atoms with Gasteiger partial charge in [-0.25, -0.2) is 0 Å². The molecule has 0 spiro atoms. The minimum atomic E-state index is -0.395. The average Bonchev–Trinajstić information content (AvgIpc) is 3.39. The van der Waals surface area contributed by atoms with E-state index in [1.54, 1.807) is 25.4 Å². The normalized spacial score (nSPS) is 18.2. The Bertz CT molecular complexity index is 1050. The molecular weight excluding hydrogens is 414 g/mol. The summed E-state index contributed by atoms with van der Waals surface area (Å²) in [7, 11) is 1.69. The highest BCUT2D eigenvalue weighted by atomic mass is 32.1. The fourth-order valence-electron chi connectivity index (χ4n) is 3.95. The van der Waals surface area contributed by atoms with Gasteiger partial charge in [-0.05, 0) is 55.0 Å². The van der Waals surface area contributed by atoms with Gasteiger partial charge in [0.25, 0.3) is 5.69 Å². The number of methoxy groups -OCH3 is 1. The SMILES string of the molecule is COCCCN1C(=S)N[C@H](c2ccccn2)[C@@H]1c1cccn1-c1ccc([N+](=O)[O-])cc1. The Labute approximate surface area is 185 Å². The number of rotatable bonds is 8. The summed E-state index contributed by atoms with van der Waals surface area (Å²) < 4.78 is 7.28. The standard InChI is InChI=1S/C22H23N5O3S/c1-30-15-5-14-26-21(20(24-22(26)31)18-6-2-3-12-23-18)19-7-4-13-25(19)16-8-10-17(11-9-16)27(28)29/h2-4,6-13,20-21H,5,14-15H2,1H3,(H,24,31)/t20-,21+/m1/s1. The molecule has 1 aliphatic heterocycles. The first-order chi connectivity index (χ1) is 15.1. The van der Waals surface area contributed by atoms with Crippen LogP contribution >= 0.6 is 12.2 Å². The highest BCUT2D eigenvalue weighted by Crippen LogP contribution is 2.39. The number of hydrogen-bond acceptors (Lipinski definition) is 5. The number of benzene rings is 1. The maximum atomic E-state index is 11.0. The van der Waals surface area contributed by atoms with E-state index in [1.165, 1.54) is 12.1 Å². The van der Waals surface area contributed by atoms with Crippen LogP contribution in [0.5, 0.6) is 0 Å². The van der Waals surface area contributed by atoms with Gasteiger partial charge in [0.1, 0.15) is 0 Å². The number of ether oxygens (including phenoxy) is 1. The van der Waals surface area contributed by atoms with Crippen LogP contribution < -0.4 is 5.32 Å². The third kappa shape index (κ3) is 4.28. The Morgan fingerprint density at radius 3 is 2.68 bits per heavy atom. The molecule has 0 amide bonds. The summed E-state index contributed by atoms with van der Waals surface area (Å²) in [6.45, 7) is 1.38. The molecule has 9 heteroatoms. The van der Waals surface area contributed by atoms with Gasteiger partial charge in [0.15, 0.2) is 5.11 Å². The van der Waals surface area contributed by atoms with Crippen molar-refractivity contribution in [2.24, 2.45) is 0 Å². The van der Waals surface area contributed by atoms with Crippen molar-refractivity contribution in [1.82, 2.24) is 19.8 Å². The number of thiocarbonyl (C=S) groups is 1. The van der Waals surface area contributed by atoms with Gasteiger partial charge in [-0.2, -0.15) is 0 Å². The van der Waals surface area contributed by atoms with Crippen LogP contribution in [-0.2, 0) is 4.74 Å². The number of hydrogen-bond donors (Lipinski definition) is 1. The van der Waals surface area contributed by atoms with Crippen molar-refractivity contribution in [1.29, 1.82) is 0 Å². The summed E-state index contributed by atoms with van der Waals surface area (Å²) in [6, 6.07) is 16.2. The van der Waals surface area contributed by atoms with Crippen LogP contribution in [-0.4, -0.2) is 44.7 Å². The molecule has 4 rings (SSSR count). The summed E-state index contributed by atoms with van der Waals surface area (Å²) in [5, 5.41) is 15.1. The minimum Gasteiger partial charge on any atom is -0.385 e. The number of nitro benzene ring substituents is 1. The van der Waals surface area contributed by atoms with E-state index in [-0.39, 0.29) is 17.8 Å². The van der Waals surface area contributed by atoms with E-state index in [0.29, 0.717) is 11.7 Å². The lowest BCUT2D eigenvalue weighted by Crippen LogP contribution is -2.32. The molecule has 31 heavy (non-hydrogen) atoms. The second-order valence-corrected chi connectivity index (χ2v) is 7.63. The number of nitro groups is 1. The predicted octanol–water partition coefficient (Wildman–Crippen LogP) is 3.79. The number of non-ortho nitro benzene ring substituents is 1. The summed E-state index contributed by atoms with van der Waals surface area (Å²) in [5.74, 6) is 0. The molecule has 0 unspecified atom stereocenters. The molecule has 0 radical (unpaired) electrons.